The van der Waals surface area contributed by atoms with E-state index in [0.29, 0.717) is 0 Å². The molecular formula is C50H66S2. The molecule has 0 unspecified atom stereocenters. The van der Waals surface area contributed by atoms with Gasteiger partial charge in [-0.2, -0.15) is 0 Å². The molecule has 5 rings (SSSR count). The van der Waals surface area contributed by atoms with Crippen molar-refractivity contribution in [3.05, 3.63) is 103 Å². The number of benzene rings is 3. The van der Waals surface area contributed by atoms with Crippen molar-refractivity contribution in [2.24, 2.45) is 0 Å². The highest BCUT2D eigenvalue weighted by Crippen LogP contribution is 2.36. The van der Waals surface area contributed by atoms with Crippen LogP contribution in [0.2, 0.25) is 0 Å². The topological polar surface area (TPSA) is 0 Å². The summed E-state index contributed by atoms with van der Waals surface area (Å²) in [5.41, 5.74) is 2.64. The molecule has 0 fully saturated rings. The van der Waals surface area contributed by atoms with E-state index in [1.165, 1.54) is 193 Å². The van der Waals surface area contributed by atoms with Gasteiger partial charge in [-0.1, -0.05) is 190 Å². The normalized spacial score (nSPS) is 12.0. The van der Waals surface area contributed by atoms with Crippen LogP contribution >= 0.6 is 22.7 Å². The molecule has 2 heterocycles. The van der Waals surface area contributed by atoms with E-state index in [1.807, 2.05) is 22.7 Å². The van der Waals surface area contributed by atoms with Crippen molar-refractivity contribution in [2.75, 3.05) is 0 Å². The predicted molar refractivity (Wildman–Crippen MR) is 239 cm³/mol. The van der Waals surface area contributed by atoms with Crippen LogP contribution in [0, 0.1) is 0 Å². The largest absolute Gasteiger partial charge is 0.141 e. The third kappa shape index (κ3) is 13.2. The smallest absolute Gasteiger partial charge is 0.0273 e. The molecule has 0 aliphatic carbocycles. The monoisotopic (exact) mass is 730 g/mol. The highest BCUT2D eigenvalue weighted by atomic mass is 32.1. The van der Waals surface area contributed by atoms with Gasteiger partial charge in [0, 0.05) is 19.5 Å². The van der Waals surface area contributed by atoms with Crippen LogP contribution in [0.4, 0.5) is 0 Å². The summed E-state index contributed by atoms with van der Waals surface area (Å²) < 4.78 is 0. The minimum Gasteiger partial charge on any atom is -0.141 e. The fourth-order valence-electron chi connectivity index (χ4n) is 7.70. The van der Waals surface area contributed by atoms with Gasteiger partial charge in [-0.15, -0.1) is 22.7 Å². The van der Waals surface area contributed by atoms with E-state index >= 15 is 0 Å². The zero-order chi connectivity index (χ0) is 36.1. The van der Waals surface area contributed by atoms with E-state index in [2.05, 4.69) is 111 Å². The molecule has 3 aromatic carbocycles. The fraction of sp³-hybridized carbons (Fsp3) is 0.480. The Bertz CT molecular complexity index is 1590. The van der Waals surface area contributed by atoms with Crippen molar-refractivity contribution in [1.82, 2.24) is 0 Å². The molecule has 0 nitrogen and oxygen atoms in total. The third-order valence-corrected chi connectivity index (χ3v) is 13.0. The molecule has 0 spiro atoms. The number of aryl methyl sites for hydroxylation is 2. The summed E-state index contributed by atoms with van der Waals surface area (Å²) in [7, 11) is 0. The van der Waals surface area contributed by atoms with Gasteiger partial charge in [-0.3, -0.25) is 0 Å². The van der Waals surface area contributed by atoms with Crippen LogP contribution in [0.15, 0.2) is 72.8 Å². The van der Waals surface area contributed by atoms with Crippen molar-refractivity contribution < 1.29 is 0 Å². The second-order valence-corrected chi connectivity index (χ2v) is 17.5. The zero-order valence-electron chi connectivity index (χ0n) is 32.6. The number of hydrogen-bond donors (Lipinski definition) is 0. The molecule has 0 N–H and O–H groups in total. The number of rotatable bonds is 26. The predicted octanol–water partition coefficient (Wildman–Crippen LogP) is 17.4. The Hall–Kier alpha value is -2.94. The molecule has 2 heteroatoms. The van der Waals surface area contributed by atoms with Crippen LogP contribution in [-0.2, 0) is 12.8 Å². The van der Waals surface area contributed by atoms with Crippen molar-refractivity contribution in [3.63, 3.8) is 0 Å². The van der Waals surface area contributed by atoms with Crippen LogP contribution in [0.1, 0.15) is 173 Å². The van der Waals surface area contributed by atoms with Crippen LogP contribution < -0.4 is 0 Å². The van der Waals surface area contributed by atoms with Gasteiger partial charge in [-0.25, -0.2) is 0 Å². The van der Waals surface area contributed by atoms with Crippen molar-refractivity contribution in [3.8, 4) is 0 Å². The first-order valence-corrected chi connectivity index (χ1v) is 22.9. The van der Waals surface area contributed by atoms with E-state index < -0.39 is 0 Å². The van der Waals surface area contributed by atoms with Gasteiger partial charge >= 0.3 is 0 Å². The number of fused-ring (bicyclic) bond motifs is 2. The van der Waals surface area contributed by atoms with E-state index in [-0.39, 0.29) is 0 Å². The lowest BCUT2D eigenvalue weighted by Crippen LogP contribution is -1.88. The summed E-state index contributed by atoms with van der Waals surface area (Å²) >= 11 is 3.94. The first kappa shape index (κ1) is 40.2. The lowest BCUT2D eigenvalue weighted by atomic mass is 9.91. The van der Waals surface area contributed by atoms with Gasteiger partial charge in [0.25, 0.3) is 0 Å². The Labute approximate surface area is 325 Å². The van der Waals surface area contributed by atoms with Crippen molar-refractivity contribution in [2.45, 2.75) is 155 Å². The van der Waals surface area contributed by atoms with Crippen molar-refractivity contribution >= 4 is 68.5 Å². The van der Waals surface area contributed by atoms with E-state index in [9.17, 15) is 0 Å². The van der Waals surface area contributed by atoms with E-state index in [1.54, 1.807) is 0 Å². The van der Waals surface area contributed by atoms with Gasteiger partial charge < -0.3 is 0 Å². The maximum atomic E-state index is 2.37. The number of hydrogen-bond acceptors (Lipinski definition) is 2. The van der Waals surface area contributed by atoms with Crippen LogP contribution in [0.5, 0.6) is 0 Å². The molecule has 0 bridgehead atoms. The van der Waals surface area contributed by atoms with Crippen molar-refractivity contribution in [1.29, 1.82) is 0 Å². The molecule has 5 aromatic rings. The van der Waals surface area contributed by atoms with Crippen LogP contribution in [-0.4, -0.2) is 0 Å². The summed E-state index contributed by atoms with van der Waals surface area (Å²) in [5, 5.41) is 5.30. The lowest BCUT2D eigenvalue weighted by Gasteiger charge is -2.13. The average molecular weight is 731 g/mol. The Morgan fingerprint density at radius 2 is 0.654 bits per heavy atom. The van der Waals surface area contributed by atoms with Crippen LogP contribution in [0.25, 0.3) is 45.8 Å². The molecule has 0 atom stereocenters. The summed E-state index contributed by atoms with van der Waals surface area (Å²) in [4.78, 5) is 5.75. The van der Waals surface area contributed by atoms with Gasteiger partial charge in [-0.05, 0) is 94.8 Å². The molecule has 0 aliphatic rings. The quantitative estimate of drug-likeness (QED) is 0.0392. The average Bonchev–Trinajstić information content (AvgIpc) is 3.84. The molecule has 0 saturated heterocycles. The highest BCUT2D eigenvalue weighted by molar-refractivity contribution is 7.13. The first-order chi connectivity index (χ1) is 25.8. The minimum absolute atomic E-state index is 1.22. The summed E-state index contributed by atoms with van der Waals surface area (Å²) in [6.45, 7) is 4.60. The summed E-state index contributed by atoms with van der Waals surface area (Å²) in [6.07, 6.45) is 39.8. The Morgan fingerprint density at radius 1 is 0.346 bits per heavy atom. The van der Waals surface area contributed by atoms with E-state index in [4.69, 9.17) is 0 Å². The fourth-order valence-corrected chi connectivity index (χ4v) is 9.61. The van der Waals surface area contributed by atoms with Gasteiger partial charge in [0.2, 0.25) is 0 Å². The Kier molecular flexibility index (Phi) is 18.3. The second kappa shape index (κ2) is 23.7. The molecule has 0 saturated carbocycles. The highest BCUT2D eigenvalue weighted by Gasteiger charge is 2.11. The molecule has 52 heavy (non-hydrogen) atoms. The van der Waals surface area contributed by atoms with Gasteiger partial charge in [0.15, 0.2) is 0 Å². The SMILES string of the molecule is CCCCCCCCCCCCc1ccc(/C=C/c2c3ccccc3c(/C=C/c3ccc(CCCCCCCCCCCC)s3)c3ccccc23)s1. The Balaban J connectivity index is 1.16. The van der Waals surface area contributed by atoms with E-state index in [0.717, 1.165) is 0 Å². The standard InChI is InChI=1S/C50H66S2/c1-3-5-7-9-11-13-15-17-19-21-27-41-33-35-43(51-41)37-39-49-45-29-23-25-31-47(45)50(48-32-26-24-30-46(48)49)40-38-44-36-34-42(52-44)28-22-20-18-16-14-12-10-8-6-4-2/h23-26,29-40H,3-22,27-28H2,1-2H3/b39-37+,40-38+. The maximum absolute atomic E-state index is 2.37. The number of unbranched alkanes of at least 4 members (excludes halogenated alkanes) is 18. The molecular weight excluding hydrogens is 665 g/mol. The zero-order valence-corrected chi connectivity index (χ0v) is 34.2. The maximum Gasteiger partial charge on any atom is 0.0273 e. The molecule has 0 aliphatic heterocycles. The third-order valence-electron chi connectivity index (χ3n) is 10.8. The molecule has 2 aromatic heterocycles. The second-order valence-electron chi connectivity index (χ2n) is 15.1. The lowest BCUT2D eigenvalue weighted by molar-refractivity contribution is 0.557. The first-order valence-electron chi connectivity index (χ1n) is 21.2. The van der Waals surface area contributed by atoms with Gasteiger partial charge in [0.05, 0.1) is 0 Å². The molecule has 0 amide bonds. The van der Waals surface area contributed by atoms with Crippen LogP contribution in [0.3, 0.4) is 0 Å². The summed E-state index contributed by atoms with van der Waals surface area (Å²) in [6, 6.07) is 27.3. The molecule has 278 valence electrons. The Morgan fingerprint density at radius 3 is 0.981 bits per heavy atom. The summed E-state index contributed by atoms with van der Waals surface area (Å²) in [5.74, 6) is 0. The number of thiophene rings is 2. The minimum atomic E-state index is 1.22. The van der Waals surface area contributed by atoms with Gasteiger partial charge in [0.1, 0.15) is 0 Å². The molecule has 0 radical (unpaired) electrons.